The van der Waals surface area contributed by atoms with Crippen LogP contribution < -0.4 is 9.47 Å². The van der Waals surface area contributed by atoms with E-state index in [1.54, 1.807) is 20.1 Å². The van der Waals surface area contributed by atoms with Crippen molar-refractivity contribution in [3.05, 3.63) is 42.1 Å². The Bertz CT molecular complexity index is 625. The van der Waals surface area contributed by atoms with Gasteiger partial charge >= 0.3 is 5.97 Å². The first-order valence-electron chi connectivity index (χ1n) is 6.16. The van der Waals surface area contributed by atoms with Crippen LogP contribution in [0.3, 0.4) is 0 Å². The smallest absolute Gasteiger partial charge is 0.339 e. The van der Waals surface area contributed by atoms with Crippen LogP contribution in [0.2, 0.25) is 0 Å². The summed E-state index contributed by atoms with van der Waals surface area (Å²) in [4.78, 5) is 15.5. The summed E-state index contributed by atoms with van der Waals surface area (Å²) in [6, 6.07) is 8.79. The number of rotatable bonds is 5. The zero-order valence-electron chi connectivity index (χ0n) is 11.3. The van der Waals surface area contributed by atoms with Gasteiger partial charge in [-0.25, -0.2) is 4.79 Å². The number of carbonyl (C=O) groups is 1. The molecule has 0 fully saturated rings. The van der Waals surface area contributed by atoms with E-state index < -0.39 is 5.97 Å². The molecule has 0 aliphatic heterocycles. The molecule has 2 aromatic rings. The van der Waals surface area contributed by atoms with Gasteiger partial charge in [-0.05, 0) is 25.1 Å². The quantitative estimate of drug-likeness (QED) is 0.907. The lowest BCUT2D eigenvalue weighted by Crippen LogP contribution is -2.04. The third-order valence-corrected chi connectivity index (χ3v) is 2.76. The van der Waals surface area contributed by atoms with Gasteiger partial charge < -0.3 is 14.6 Å². The molecule has 0 spiro atoms. The van der Waals surface area contributed by atoms with Gasteiger partial charge in [0.1, 0.15) is 11.3 Å². The molecule has 1 heterocycles. The number of carboxylic acids is 1. The van der Waals surface area contributed by atoms with Crippen molar-refractivity contribution in [3.8, 4) is 22.8 Å². The maximum Gasteiger partial charge on any atom is 0.339 e. The van der Waals surface area contributed by atoms with Crippen molar-refractivity contribution in [3.63, 3.8) is 0 Å². The summed E-state index contributed by atoms with van der Waals surface area (Å²) >= 11 is 0. The molecule has 0 unspecified atom stereocenters. The maximum absolute atomic E-state index is 11.3. The predicted octanol–water partition coefficient (Wildman–Crippen LogP) is 2.85. The van der Waals surface area contributed by atoms with E-state index in [0.29, 0.717) is 18.1 Å². The van der Waals surface area contributed by atoms with Gasteiger partial charge in [-0.1, -0.05) is 12.1 Å². The summed E-state index contributed by atoms with van der Waals surface area (Å²) in [7, 11) is 1.58. The fraction of sp³-hybridized carbons (Fsp3) is 0.200. The molecule has 0 aliphatic carbocycles. The van der Waals surface area contributed by atoms with Crippen LogP contribution in [0.1, 0.15) is 17.3 Å². The minimum Gasteiger partial charge on any atom is -0.497 e. The third kappa shape index (κ3) is 2.88. The molecule has 0 atom stereocenters. The minimum atomic E-state index is -1.04. The van der Waals surface area contributed by atoms with Crippen LogP contribution in [-0.4, -0.2) is 29.8 Å². The average Bonchev–Trinajstić information content (AvgIpc) is 2.48. The number of methoxy groups -OCH3 is 1. The van der Waals surface area contributed by atoms with Gasteiger partial charge in [0.05, 0.1) is 25.6 Å². The molecule has 0 radical (unpaired) electrons. The van der Waals surface area contributed by atoms with Crippen molar-refractivity contribution in [2.75, 3.05) is 13.7 Å². The fourth-order valence-corrected chi connectivity index (χ4v) is 1.82. The molecule has 20 heavy (non-hydrogen) atoms. The Morgan fingerprint density at radius 1 is 1.35 bits per heavy atom. The lowest BCUT2D eigenvalue weighted by Gasteiger charge is -2.09. The normalized spacial score (nSPS) is 10.1. The van der Waals surface area contributed by atoms with Crippen LogP contribution in [0.5, 0.6) is 11.5 Å². The number of aromatic carboxylic acids is 1. The number of benzene rings is 1. The van der Waals surface area contributed by atoms with Crippen LogP contribution in [0.4, 0.5) is 0 Å². The Morgan fingerprint density at radius 3 is 2.80 bits per heavy atom. The highest BCUT2D eigenvalue weighted by Crippen LogP contribution is 2.26. The third-order valence-electron chi connectivity index (χ3n) is 2.76. The summed E-state index contributed by atoms with van der Waals surface area (Å²) in [5.74, 6) is -0.0818. The van der Waals surface area contributed by atoms with Crippen LogP contribution in [0.15, 0.2) is 36.5 Å². The van der Waals surface area contributed by atoms with Crippen LogP contribution >= 0.6 is 0 Å². The van der Waals surface area contributed by atoms with E-state index in [4.69, 9.17) is 9.47 Å². The van der Waals surface area contributed by atoms with Crippen molar-refractivity contribution < 1.29 is 19.4 Å². The Labute approximate surface area is 116 Å². The maximum atomic E-state index is 11.3. The van der Waals surface area contributed by atoms with Gasteiger partial charge in [-0.3, -0.25) is 4.98 Å². The van der Waals surface area contributed by atoms with Crippen molar-refractivity contribution in [2.24, 2.45) is 0 Å². The van der Waals surface area contributed by atoms with Crippen LogP contribution in [-0.2, 0) is 0 Å². The minimum absolute atomic E-state index is 0.0969. The van der Waals surface area contributed by atoms with Gasteiger partial charge in [-0.2, -0.15) is 0 Å². The number of pyridine rings is 1. The number of aromatic nitrogens is 1. The molecule has 5 heteroatoms. The molecule has 0 saturated heterocycles. The van der Waals surface area contributed by atoms with E-state index in [2.05, 4.69) is 4.98 Å². The van der Waals surface area contributed by atoms with Crippen molar-refractivity contribution >= 4 is 5.97 Å². The molecule has 1 aromatic heterocycles. The first-order valence-corrected chi connectivity index (χ1v) is 6.16. The zero-order valence-corrected chi connectivity index (χ0v) is 11.3. The molecule has 0 aliphatic rings. The van der Waals surface area contributed by atoms with E-state index in [1.165, 1.54) is 12.3 Å². The molecular weight excluding hydrogens is 258 g/mol. The number of hydrogen-bond donors (Lipinski definition) is 1. The SMILES string of the molecule is CCOc1cnc(-c2cccc(OC)c2)cc1C(=O)O. The Hall–Kier alpha value is -2.56. The number of nitrogens with zero attached hydrogens (tertiary/aromatic N) is 1. The van der Waals surface area contributed by atoms with Crippen LogP contribution in [0, 0.1) is 0 Å². The predicted molar refractivity (Wildman–Crippen MR) is 74.4 cm³/mol. The largest absolute Gasteiger partial charge is 0.497 e. The van der Waals surface area contributed by atoms with Crippen molar-refractivity contribution in [1.29, 1.82) is 0 Å². The second-order valence-corrected chi connectivity index (χ2v) is 4.04. The summed E-state index contributed by atoms with van der Waals surface area (Å²) < 4.78 is 10.4. The topological polar surface area (TPSA) is 68.7 Å². The van der Waals surface area contributed by atoms with Crippen molar-refractivity contribution in [2.45, 2.75) is 6.92 Å². The summed E-state index contributed by atoms with van der Waals surface area (Å²) in [6.45, 7) is 2.18. The first kappa shape index (κ1) is 13.9. The van der Waals surface area contributed by atoms with E-state index in [1.807, 2.05) is 18.2 Å². The average molecular weight is 273 g/mol. The lowest BCUT2D eigenvalue weighted by molar-refractivity contribution is 0.0692. The second-order valence-electron chi connectivity index (χ2n) is 4.04. The highest BCUT2D eigenvalue weighted by atomic mass is 16.5. The molecule has 1 aromatic carbocycles. The first-order chi connectivity index (χ1) is 9.65. The standard InChI is InChI=1S/C15H15NO4/c1-3-20-14-9-16-13(8-12(14)15(17)18)10-5-4-6-11(7-10)19-2/h4-9H,3H2,1-2H3,(H,17,18). The molecule has 104 valence electrons. The zero-order chi connectivity index (χ0) is 14.5. The second kappa shape index (κ2) is 6.06. The van der Waals surface area contributed by atoms with Gasteiger partial charge in [0.2, 0.25) is 0 Å². The van der Waals surface area contributed by atoms with Crippen LogP contribution in [0.25, 0.3) is 11.3 Å². The monoisotopic (exact) mass is 273 g/mol. The fourth-order valence-electron chi connectivity index (χ4n) is 1.82. The summed E-state index contributed by atoms with van der Waals surface area (Å²) in [5.41, 5.74) is 1.44. The Morgan fingerprint density at radius 2 is 2.15 bits per heavy atom. The molecule has 0 amide bonds. The summed E-state index contributed by atoms with van der Waals surface area (Å²) in [5, 5.41) is 9.23. The number of carboxylic acid groups (broad SMARTS) is 1. The number of ether oxygens (including phenoxy) is 2. The molecule has 0 saturated carbocycles. The van der Waals surface area contributed by atoms with Gasteiger partial charge in [0.25, 0.3) is 0 Å². The molecule has 0 bridgehead atoms. The van der Waals surface area contributed by atoms with Gasteiger partial charge in [-0.15, -0.1) is 0 Å². The van der Waals surface area contributed by atoms with Crippen molar-refractivity contribution in [1.82, 2.24) is 4.98 Å². The number of hydrogen-bond acceptors (Lipinski definition) is 4. The van der Waals surface area contributed by atoms with Gasteiger partial charge in [0, 0.05) is 5.56 Å². The van der Waals surface area contributed by atoms with E-state index in [-0.39, 0.29) is 11.3 Å². The van der Waals surface area contributed by atoms with Gasteiger partial charge in [0.15, 0.2) is 5.75 Å². The van der Waals surface area contributed by atoms with E-state index in [0.717, 1.165) is 5.56 Å². The highest BCUT2D eigenvalue weighted by molar-refractivity contribution is 5.92. The Balaban J connectivity index is 2.47. The molecule has 5 nitrogen and oxygen atoms in total. The molecule has 2 rings (SSSR count). The Kier molecular flexibility index (Phi) is 4.20. The molecule has 1 N–H and O–H groups in total. The van der Waals surface area contributed by atoms with E-state index in [9.17, 15) is 9.90 Å². The molecular formula is C15H15NO4. The lowest BCUT2D eigenvalue weighted by atomic mass is 10.1. The highest BCUT2D eigenvalue weighted by Gasteiger charge is 2.14. The van der Waals surface area contributed by atoms with E-state index >= 15 is 0 Å². The summed E-state index contributed by atoms with van der Waals surface area (Å²) in [6.07, 6.45) is 1.43.